The lowest BCUT2D eigenvalue weighted by atomic mass is 10.1. The molecule has 0 spiro atoms. The maximum atomic E-state index is 12.2. The Balaban J connectivity index is 1.69. The first-order valence-electron chi connectivity index (χ1n) is 7.09. The minimum Gasteiger partial charge on any atom is -0.465 e. The van der Waals surface area contributed by atoms with Gasteiger partial charge in [-0.2, -0.15) is 0 Å². The van der Waals surface area contributed by atoms with E-state index in [0.717, 1.165) is 17.7 Å². The van der Waals surface area contributed by atoms with Crippen molar-refractivity contribution in [2.24, 2.45) is 0 Å². The summed E-state index contributed by atoms with van der Waals surface area (Å²) in [5, 5.41) is 14.0. The first-order valence-corrected chi connectivity index (χ1v) is 7.09. The maximum Gasteiger partial charge on any atom is 0.404 e. The molecule has 1 fully saturated rings. The molecule has 2 aromatic carbocycles. The fraction of sp³-hybridized carbons (Fsp3) is 0.176. The van der Waals surface area contributed by atoms with E-state index in [1.165, 1.54) is 0 Å². The van der Waals surface area contributed by atoms with Crippen molar-refractivity contribution in [1.82, 2.24) is 5.32 Å². The summed E-state index contributed by atoms with van der Waals surface area (Å²) < 4.78 is 0. The van der Waals surface area contributed by atoms with Crippen LogP contribution in [0, 0.1) is 0 Å². The van der Waals surface area contributed by atoms with Gasteiger partial charge in [0.15, 0.2) is 0 Å². The largest absolute Gasteiger partial charge is 0.465 e. The van der Waals surface area contributed by atoms with Crippen LogP contribution in [-0.2, 0) is 0 Å². The van der Waals surface area contributed by atoms with Crippen molar-refractivity contribution in [3.63, 3.8) is 0 Å². The highest BCUT2D eigenvalue weighted by atomic mass is 16.4. The van der Waals surface area contributed by atoms with Crippen molar-refractivity contribution in [2.45, 2.75) is 18.4 Å². The second kappa shape index (κ2) is 5.89. The number of carbonyl (C=O) groups excluding carboxylic acids is 1. The molecule has 112 valence electrons. The van der Waals surface area contributed by atoms with Crippen LogP contribution in [0.15, 0.2) is 54.6 Å². The average molecular weight is 296 g/mol. The Bertz CT molecular complexity index is 700. The molecule has 2 atom stereocenters. The van der Waals surface area contributed by atoms with Crippen LogP contribution >= 0.6 is 0 Å². The Morgan fingerprint density at radius 2 is 1.82 bits per heavy atom. The van der Waals surface area contributed by atoms with Gasteiger partial charge in [-0.25, -0.2) is 4.79 Å². The monoisotopic (exact) mass is 296 g/mol. The highest BCUT2D eigenvalue weighted by Gasteiger charge is 2.39. The minimum absolute atomic E-state index is 0.0510. The van der Waals surface area contributed by atoms with Gasteiger partial charge in [-0.3, -0.25) is 4.79 Å². The number of amides is 2. The molecular weight excluding hydrogens is 280 g/mol. The topological polar surface area (TPSA) is 78.4 Å². The lowest BCUT2D eigenvalue weighted by Gasteiger charge is -2.07. The Morgan fingerprint density at radius 1 is 1.05 bits per heavy atom. The van der Waals surface area contributed by atoms with Crippen LogP contribution in [0.25, 0.3) is 0 Å². The zero-order valence-electron chi connectivity index (χ0n) is 11.8. The molecule has 5 heteroatoms. The van der Waals surface area contributed by atoms with Crippen LogP contribution in [0.4, 0.5) is 10.5 Å². The van der Waals surface area contributed by atoms with E-state index in [0.29, 0.717) is 5.56 Å². The van der Waals surface area contributed by atoms with Crippen LogP contribution in [0.3, 0.4) is 0 Å². The quantitative estimate of drug-likeness (QED) is 0.811. The molecule has 2 aromatic rings. The Labute approximate surface area is 128 Å². The molecule has 3 N–H and O–H groups in total. The average Bonchev–Trinajstić information content (AvgIpc) is 3.27. The molecule has 2 unspecified atom stereocenters. The Kier molecular flexibility index (Phi) is 3.78. The van der Waals surface area contributed by atoms with E-state index < -0.39 is 6.09 Å². The molecule has 22 heavy (non-hydrogen) atoms. The van der Waals surface area contributed by atoms with Crippen molar-refractivity contribution in [3.8, 4) is 0 Å². The van der Waals surface area contributed by atoms with Crippen molar-refractivity contribution in [1.29, 1.82) is 0 Å². The van der Waals surface area contributed by atoms with Crippen molar-refractivity contribution in [3.05, 3.63) is 65.7 Å². The second-order valence-corrected chi connectivity index (χ2v) is 5.34. The van der Waals surface area contributed by atoms with E-state index in [9.17, 15) is 9.59 Å². The molecule has 0 aliphatic heterocycles. The predicted octanol–water partition coefficient (Wildman–Crippen LogP) is 3.06. The normalized spacial score (nSPS) is 19.3. The van der Waals surface area contributed by atoms with Crippen LogP contribution < -0.4 is 10.6 Å². The van der Waals surface area contributed by atoms with Gasteiger partial charge in [0, 0.05) is 23.2 Å². The van der Waals surface area contributed by atoms with Gasteiger partial charge in [0.2, 0.25) is 0 Å². The van der Waals surface area contributed by atoms with Gasteiger partial charge >= 0.3 is 6.09 Å². The molecule has 1 aliphatic rings. The molecule has 1 saturated carbocycles. The number of rotatable bonds is 4. The molecule has 0 radical (unpaired) electrons. The van der Waals surface area contributed by atoms with Gasteiger partial charge in [0.1, 0.15) is 0 Å². The number of anilines is 1. The Hall–Kier alpha value is -2.82. The molecule has 0 heterocycles. The number of carbonyl (C=O) groups is 2. The van der Waals surface area contributed by atoms with E-state index in [4.69, 9.17) is 5.11 Å². The molecule has 5 nitrogen and oxygen atoms in total. The lowest BCUT2D eigenvalue weighted by molar-refractivity contribution is 0.102. The van der Waals surface area contributed by atoms with E-state index in [1.54, 1.807) is 6.07 Å². The van der Waals surface area contributed by atoms with Crippen LogP contribution in [0.2, 0.25) is 0 Å². The highest BCUT2D eigenvalue weighted by Crippen LogP contribution is 2.40. The van der Waals surface area contributed by atoms with Crippen LogP contribution in [0.5, 0.6) is 0 Å². The molecule has 2 amide bonds. The summed E-state index contributed by atoms with van der Waals surface area (Å²) in [6.07, 6.45) is -0.235. The SMILES string of the molecule is O=C(O)NC1CC1c1cccc(C(=O)Nc2ccccc2)c1. The fourth-order valence-electron chi connectivity index (χ4n) is 2.52. The van der Waals surface area contributed by atoms with Crippen LogP contribution in [-0.4, -0.2) is 23.1 Å². The van der Waals surface area contributed by atoms with Gasteiger partial charge in [0.05, 0.1) is 0 Å². The number of benzene rings is 2. The molecule has 1 aliphatic carbocycles. The smallest absolute Gasteiger partial charge is 0.404 e. The van der Waals surface area contributed by atoms with Gasteiger partial charge in [0.25, 0.3) is 5.91 Å². The standard InChI is InChI=1S/C17H16N2O3/c20-16(18-13-7-2-1-3-8-13)12-6-4-5-11(9-12)14-10-15(14)19-17(21)22/h1-9,14-15,19H,10H2,(H,18,20)(H,21,22). The predicted molar refractivity (Wildman–Crippen MR) is 83.1 cm³/mol. The number of nitrogens with one attached hydrogen (secondary N) is 2. The van der Waals surface area contributed by atoms with Crippen molar-refractivity contribution >= 4 is 17.7 Å². The summed E-state index contributed by atoms with van der Waals surface area (Å²) in [5.74, 6) is -0.0166. The molecule has 0 aromatic heterocycles. The number of hydrogen-bond donors (Lipinski definition) is 3. The summed E-state index contributed by atoms with van der Waals surface area (Å²) in [6.45, 7) is 0. The van der Waals surface area contributed by atoms with E-state index in [1.807, 2.05) is 48.5 Å². The minimum atomic E-state index is -1.01. The van der Waals surface area contributed by atoms with E-state index in [-0.39, 0.29) is 17.9 Å². The molecule has 3 rings (SSSR count). The zero-order valence-corrected chi connectivity index (χ0v) is 11.8. The summed E-state index contributed by atoms with van der Waals surface area (Å²) in [6, 6.07) is 16.5. The summed E-state index contributed by atoms with van der Waals surface area (Å²) in [7, 11) is 0. The first kappa shape index (κ1) is 14.1. The molecule has 0 bridgehead atoms. The van der Waals surface area contributed by atoms with E-state index >= 15 is 0 Å². The van der Waals surface area contributed by atoms with Gasteiger partial charge in [-0.15, -0.1) is 0 Å². The van der Waals surface area contributed by atoms with Crippen molar-refractivity contribution in [2.75, 3.05) is 5.32 Å². The Morgan fingerprint density at radius 3 is 2.55 bits per heavy atom. The first-order chi connectivity index (χ1) is 10.6. The third-order valence-corrected chi connectivity index (χ3v) is 3.71. The highest BCUT2D eigenvalue weighted by molar-refractivity contribution is 6.04. The lowest BCUT2D eigenvalue weighted by Crippen LogP contribution is -2.24. The summed E-state index contributed by atoms with van der Waals surface area (Å²) in [4.78, 5) is 22.9. The van der Waals surface area contributed by atoms with Crippen LogP contribution in [0.1, 0.15) is 28.3 Å². The van der Waals surface area contributed by atoms with Gasteiger partial charge in [-0.1, -0.05) is 30.3 Å². The number of para-hydroxylation sites is 1. The second-order valence-electron chi connectivity index (χ2n) is 5.34. The fourth-order valence-corrected chi connectivity index (χ4v) is 2.52. The van der Waals surface area contributed by atoms with Crippen molar-refractivity contribution < 1.29 is 14.7 Å². The zero-order chi connectivity index (χ0) is 15.5. The third-order valence-electron chi connectivity index (χ3n) is 3.71. The number of hydrogen-bond acceptors (Lipinski definition) is 2. The number of carboxylic acid groups (broad SMARTS) is 1. The van der Waals surface area contributed by atoms with Gasteiger partial charge < -0.3 is 15.7 Å². The van der Waals surface area contributed by atoms with E-state index in [2.05, 4.69) is 10.6 Å². The third kappa shape index (κ3) is 3.25. The summed E-state index contributed by atoms with van der Waals surface area (Å²) >= 11 is 0. The van der Waals surface area contributed by atoms with Gasteiger partial charge in [-0.05, 0) is 36.2 Å². The molecule has 0 saturated heterocycles. The molecular formula is C17H16N2O3. The summed E-state index contributed by atoms with van der Waals surface area (Å²) in [5.41, 5.74) is 2.30. The maximum absolute atomic E-state index is 12.2.